The van der Waals surface area contributed by atoms with Crippen LogP contribution in [0.1, 0.15) is 16.8 Å². The number of anilines is 1. The number of hydrogen-bond donors (Lipinski definition) is 2. The van der Waals surface area contributed by atoms with Gasteiger partial charge in [0.25, 0.3) is 0 Å². The molecule has 0 aliphatic heterocycles. The maximum Gasteiger partial charge on any atom is 0.338 e. The van der Waals surface area contributed by atoms with Crippen molar-refractivity contribution in [1.82, 2.24) is 0 Å². The van der Waals surface area contributed by atoms with Gasteiger partial charge in [0, 0.05) is 39.9 Å². The molecule has 2 N–H and O–H groups in total. The van der Waals surface area contributed by atoms with Gasteiger partial charge in [-0.05, 0) is 24.8 Å². The minimum absolute atomic E-state index is 0.308. The minimum atomic E-state index is -0.929. The number of carboxylic acids is 1. The molecule has 0 aliphatic carbocycles. The quantitative estimate of drug-likeness (QED) is 0.595. The first-order valence-electron chi connectivity index (χ1n) is 5.50. The molecular formula is C12H17NO3S2. The molecule has 0 bridgehead atoms. The Hall–Kier alpha value is -1.01. The van der Waals surface area contributed by atoms with Crippen molar-refractivity contribution in [3.05, 3.63) is 23.8 Å². The molecule has 0 aliphatic rings. The first-order chi connectivity index (χ1) is 8.56. The molecule has 0 radical (unpaired) electrons. The standard InChI is InChI=1S/C12H17NO3S2/c1-17-10-6-3-5-9(11(10)12(14)15)13-7-4-8-18(2)16/h3,5-6,13H,4,7-8H2,1-2H3,(H,14,15). The van der Waals surface area contributed by atoms with E-state index in [0.29, 0.717) is 23.5 Å². The maximum atomic E-state index is 11.2. The molecule has 0 saturated heterocycles. The molecule has 4 nitrogen and oxygen atoms in total. The van der Waals surface area contributed by atoms with E-state index < -0.39 is 16.8 Å². The highest BCUT2D eigenvalue weighted by molar-refractivity contribution is 7.98. The van der Waals surface area contributed by atoms with E-state index in [1.165, 1.54) is 11.8 Å². The van der Waals surface area contributed by atoms with Crippen molar-refractivity contribution in [1.29, 1.82) is 0 Å². The van der Waals surface area contributed by atoms with Gasteiger partial charge in [-0.25, -0.2) is 4.79 Å². The predicted octanol–water partition coefficient (Wildman–Crippen LogP) is 2.29. The smallest absolute Gasteiger partial charge is 0.338 e. The first-order valence-corrected chi connectivity index (χ1v) is 8.45. The summed E-state index contributed by atoms with van der Waals surface area (Å²) < 4.78 is 10.9. The average molecular weight is 287 g/mol. The number of thioether (sulfide) groups is 1. The van der Waals surface area contributed by atoms with Crippen LogP contribution in [0, 0.1) is 0 Å². The Morgan fingerprint density at radius 1 is 1.50 bits per heavy atom. The summed E-state index contributed by atoms with van der Waals surface area (Å²) in [6.45, 7) is 0.623. The zero-order chi connectivity index (χ0) is 13.5. The molecule has 6 heteroatoms. The highest BCUT2D eigenvalue weighted by atomic mass is 32.2. The van der Waals surface area contributed by atoms with E-state index in [1.807, 2.05) is 12.3 Å². The van der Waals surface area contributed by atoms with Crippen molar-refractivity contribution in [2.45, 2.75) is 11.3 Å². The van der Waals surface area contributed by atoms with Crippen molar-refractivity contribution in [2.75, 3.05) is 30.1 Å². The fraction of sp³-hybridized carbons (Fsp3) is 0.417. The largest absolute Gasteiger partial charge is 0.478 e. The second-order valence-corrected chi connectivity index (χ2v) is 6.15. The van der Waals surface area contributed by atoms with Gasteiger partial charge in [0.2, 0.25) is 0 Å². The Morgan fingerprint density at radius 2 is 2.22 bits per heavy atom. The Morgan fingerprint density at radius 3 is 2.78 bits per heavy atom. The lowest BCUT2D eigenvalue weighted by atomic mass is 10.1. The average Bonchev–Trinajstić information content (AvgIpc) is 2.33. The van der Waals surface area contributed by atoms with Crippen molar-refractivity contribution >= 4 is 34.2 Å². The van der Waals surface area contributed by atoms with Crippen LogP contribution in [0.15, 0.2) is 23.1 Å². The van der Waals surface area contributed by atoms with Crippen LogP contribution in [0.25, 0.3) is 0 Å². The molecule has 0 aromatic heterocycles. The van der Waals surface area contributed by atoms with Crippen LogP contribution in [0.5, 0.6) is 0 Å². The van der Waals surface area contributed by atoms with Gasteiger partial charge in [0.05, 0.1) is 5.56 Å². The van der Waals surface area contributed by atoms with Gasteiger partial charge in [-0.2, -0.15) is 0 Å². The molecule has 1 unspecified atom stereocenters. The Bertz CT molecular complexity index is 449. The number of hydrogen-bond acceptors (Lipinski definition) is 4. The summed E-state index contributed by atoms with van der Waals surface area (Å²) in [5, 5.41) is 12.3. The summed E-state index contributed by atoms with van der Waals surface area (Å²) in [4.78, 5) is 12.0. The van der Waals surface area contributed by atoms with E-state index >= 15 is 0 Å². The Kier molecular flexibility index (Phi) is 6.21. The molecule has 0 heterocycles. The van der Waals surface area contributed by atoms with Gasteiger partial charge < -0.3 is 10.4 Å². The summed E-state index contributed by atoms with van der Waals surface area (Å²) in [6, 6.07) is 5.38. The SMILES string of the molecule is CSc1cccc(NCCCS(C)=O)c1C(=O)O. The van der Waals surface area contributed by atoms with Crippen molar-refractivity contribution in [3.63, 3.8) is 0 Å². The number of nitrogens with one attached hydrogen (secondary N) is 1. The number of carboxylic acid groups (broad SMARTS) is 1. The molecular weight excluding hydrogens is 270 g/mol. The van der Waals surface area contributed by atoms with Gasteiger partial charge >= 0.3 is 5.97 Å². The zero-order valence-electron chi connectivity index (χ0n) is 10.4. The molecule has 0 saturated carbocycles. The van der Waals surface area contributed by atoms with E-state index in [1.54, 1.807) is 18.4 Å². The van der Waals surface area contributed by atoms with Crippen molar-refractivity contribution < 1.29 is 14.1 Å². The van der Waals surface area contributed by atoms with Gasteiger partial charge in [0.1, 0.15) is 0 Å². The Balaban J connectivity index is 2.75. The summed E-state index contributed by atoms with van der Waals surface area (Å²) in [5.41, 5.74) is 0.929. The van der Waals surface area contributed by atoms with E-state index in [9.17, 15) is 14.1 Å². The van der Waals surface area contributed by atoms with E-state index in [2.05, 4.69) is 5.32 Å². The fourth-order valence-electron chi connectivity index (χ4n) is 1.57. The molecule has 1 rings (SSSR count). The zero-order valence-corrected chi connectivity index (χ0v) is 12.1. The van der Waals surface area contributed by atoms with Gasteiger partial charge in [-0.15, -0.1) is 11.8 Å². The second-order valence-electron chi connectivity index (χ2n) is 3.75. The number of aromatic carboxylic acids is 1. The summed E-state index contributed by atoms with van der Waals surface area (Å²) >= 11 is 1.41. The maximum absolute atomic E-state index is 11.2. The molecule has 1 aromatic rings. The second kappa shape index (κ2) is 7.43. The molecule has 0 spiro atoms. The van der Waals surface area contributed by atoms with E-state index in [0.717, 1.165) is 11.3 Å². The topological polar surface area (TPSA) is 66.4 Å². The van der Waals surface area contributed by atoms with Crippen LogP contribution < -0.4 is 5.32 Å². The lowest BCUT2D eigenvalue weighted by Crippen LogP contribution is -2.10. The van der Waals surface area contributed by atoms with Gasteiger partial charge in [0.15, 0.2) is 0 Å². The lowest BCUT2D eigenvalue weighted by Gasteiger charge is -2.11. The minimum Gasteiger partial charge on any atom is -0.478 e. The summed E-state index contributed by atoms with van der Waals surface area (Å²) in [5.74, 6) is -0.307. The molecule has 100 valence electrons. The summed E-state index contributed by atoms with van der Waals surface area (Å²) in [6.07, 6.45) is 4.27. The van der Waals surface area contributed by atoms with Crippen LogP contribution in [0.3, 0.4) is 0 Å². The number of benzene rings is 1. The molecule has 0 fully saturated rings. The van der Waals surface area contributed by atoms with Crippen LogP contribution in [0.2, 0.25) is 0 Å². The van der Waals surface area contributed by atoms with E-state index in [-0.39, 0.29) is 0 Å². The van der Waals surface area contributed by atoms with Crippen LogP contribution >= 0.6 is 11.8 Å². The third kappa shape index (κ3) is 4.34. The van der Waals surface area contributed by atoms with Crippen LogP contribution in [-0.4, -0.2) is 40.1 Å². The lowest BCUT2D eigenvalue weighted by molar-refractivity contribution is 0.0694. The number of rotatable bonds is 7. The van der Waals surface area contributed by atoms with E-state index in [4.69, 9.17) is 0 Å². The third-order valence-corrected chi connectivity index (χ3v) is 4.03. The summed E-state index contributed by atoms with van der Waals surface area (Å²) in [7, 11) is -0.804. The molecule has 0 amide bonds. The van der Waals surface area contributed by atoms with Crippen LogP contribution in [0.4, 0.5) is 5.69 Å². The first kappa shape index (κ1) is 15.0. The highest BCUT2D eigenvalue weighted by Gasteiger charge is 2.14. The molecule has 18 heavy (non-hydrogen) atoms. The van der Waals surface area contributed by atoms with Gasteiger partial charge in [-0.3, -0.25) is 4.21 Å². The molecule has 1 aromatic carbocycles. The normalized spacial score (nSPS) is 12.1. The monoisotopic (exact) mass is 287 g/mol. The van der Waals surface area contributed by atoms with Crippen molar-refractivity contribution in [2.24, 2.45) is 0 Å². The third-order valence-electron chi connectivity index (χ3n) is 2.38. The predicted molar refractivity (Wildman–Crippen MR) is 77.2 cm³/mol. The van der Waals surface area contributed by atoms with Crippen LogP contribution in [-0.2, 0) is 10.8 Å². The fourth-order valence-corrected chi connectivity index (χ4v) is 2.73. The van der Waals surface area contributed by atoms with Gasteiger partial charge in [-0.1, -0.05) is 6.07 Å². The Labute approximate surface area is 114 Å². The highest BCUT2D eigenvalue weighted by Crippen LogP contribution is 2.27. The van der Waals surface area contributed by atoms with Crippen molar-refractivity contribution in [3.8, 4) is 0 Å². The number of carbonyl (C=O) groups is 1. The molecule has 1 atom stereocenters.